The third kappa shape index (κ3) is 1.99. The summed E-state index contributed by atoms with van der Waals surface area (Å²) in [6, 6.07) is 0. The molecule has 0 unspecified atom stereocenters. The maximum absolute atomic E-state index is 11.3. The van der Waals surface area contributed by atoms with E-state index in [0.717, 1.165) is 6.42 Å². The molecule has 0 aliphatic heterocycles. The minimum Gasteiger partial charge on any atom is -0.477 e. The summed E-state index contributed by atoms with van der Waals surface area (Å²) < 4.78 is 0. The van der Waals surface area contributed by atoms with Gasteiger partial charge in [0.15, 0.2) is 0 Å². The van der Waals surface area contributed by atoms with Crippen molar-refractivity contribution in [2.75, 3.05) is 0 Å². The number of H-pyrrole nitrogens is 1. The molecule has 2 N–H and O–H groups in total. The summed E-state index contributed by atoms with van der Waals surface area (Å²) in [6.07, 6.45) is 1.27. The van der Waals surface area contributed by atoms with Gasteiger partial charge in [0.1, 0.15) is 11.4 Å². The number of aryl methyl sites for hydroxylation is 2. The Balaban J connectivity index is 3.36. The zero-order valence-electron chi connectivity index (χ0n) is 8.13. The summed E-state index contributed by atoms with van der Waals surface area (Å²) in [5, 5.41) is 8.80. The second-order valence-electron chi connectivity index (χ2n) is 3.03. The molecule has 1 aromatic rings. The Morgan fingerprint density at radius 2 is 2.21 bits per heavy atom. The van der Waals surface area contributed by atoms with E-state index < -0.39 is 11.5 Å². The van der Waals surface area contributed by atoms with Gasteiger partial charge in [-0.2, -0.15) is 0 Å². The lowest BCUT2D eigenvalue weighted by atomic mass is 10.1. The second kappa shape index (κ2) is 4.04. The Hall–Kier alpha value is -1.65. The summed E-state index contributed by atoms with van der Waals surface area (Å²) >= 11 is 0. The SMILES string of the molecule is CCCc1nc(C)[nH]c(=O)c1C(=O)O. The number of aromatic carboxylic acids is 1. The van der Waals surface area contributed by atoms with E-state index in [0.29, 0.717) is 17.9 Å². The lowest BCUT2D eigenvalue weighted by molar-refractivity contribution is 0.0693. The maximum Gasteiger partial charge on any atom is 0.343 e. The zero-order valence-corrected chi connectivity index (χ0v) is 8.13. The quantitative estimate of drug-likeness (QED) is 0.746. The van der Waals surface area contributed by atoms with Gasteiger partial charge >= 0.3 is 5.97 Å². The van der Waals surface area contributed by atoms with Gasteiger partial charge in [0.25, 0.3) is 5.56 Å². The number of nitrogens with one attached hydrogen (secondary N) is 1. The van der Waals surface area contributed by atoms with Crippen LogP contribution in [0, 0.1) is 6.92 Å². The smallest absolute Gasteiger partial charge is 0.343 e. The first-order valence-corrected chi connectivity index (χ1v) is 4.39. The molecule has 0 radical (unpaired) electrons. The molecule has 0 atom stereocenters. The van der Waals surface area contributed by atoms with E-state index in [2.05, 4.69) is 9.97 Å². The van der Waals surface area contributed by atoms with Crippen molar-refractivity contribution >= 4 is 5.97 Å². The summed E-state index contributed by atoms with van der Waals surface area (Å²) in [4.78, 5) is 28.4. The fourth-order valence-corrected chi connectivity index (χ4v) is 1.28. The molecular weight excluding hydrogens is 184 g/mol. The molecule has 5 heteroatoms. The topological polar surface area (TPSA) is 83.0 Å². The van der Waals surface area contributed by atoms with E-state index in [1.807, 2.05) is 6.92 Å². The molecule has 0 spiro atoms. The van der Waals surface area contributed by atoms with Crippen LogP contribution in [0.1, 0.15) is 35.2 Å². The average Bonchev–Trinajstić information content (AvgIpc) is 2.01. The van der Waals surface area contributed by atoms with Crippen LogP contribution in [0.15, 0.2) is 4.79 Å². The van der Waals surface area contributed by atoms with Crippen LogP contribution in [0.5, 0.6) is 0 Å². The third-order valence-electron chi connectivity index (χ3n) is 1.81. The first-order valence-electron chi connectivity index (χ1n) is 4.39. The number of carbonyl (C=O) groups is 1. The number of nitrogens with zero attached hydrogens (tertiary/aromatic N) is 1. The van der Waals surface area contributed by atoms with Crippen molar-refractivity contribution in [3.05, 3.63) is 27.4 Å². The minimum absolute atomic E-state index is 0.238. The molecule has 14 heavy (non-hydrogen) atoms. The molecular formula is C9H12N2O3. The lowest BCUT2D eigenvalue weighted by Gasteiger charge is -2.03. The van der Waals surface area contributed by atoms with Gasteiger partial charge in [-0.3, -0.25) is 4.79 Å². The Morgan fingerprint density at radius 1 is 1.57 bits per heavy atom. The normalized spacial score (nSPS) is 10.1. The Labute approximate surface area is 80.8 Å². The van der Waals surface area contributed by atoms with E-state index in [1.54, 1.807) is 6.92 Å². The van der Waals surface area contributed by atoms with Crippen LogP contribution in [-0.2, 0) is 6.42 Å². The predicted octanol–water partition coefficient (Wildman–Crippen LogP) is 0.729. The average molecular weight is 196 g/mol. The van der Waals surface area contributed by atoms with Gasteiger partial charge in [-0.05, 0) is 13.3 Å². The molecule has 0 aromatic carbocycles. The highest BCUT2D eigenvalue weighted by Crippen LogP contribution is 2.03. The molecule has 0 bridgehead atoms. The number of aromatic nitrogens is 2. The molecule has 0 saturated heterocycles. The van der Waals surface area contributed by atoms with E-state index >= 15 is 0 Å². The number of hydrogen-bond donors (Lipinski definition) is 2. The molecule has 0 aliphatic carbocycles. The minimum atomic E-state index is -1.22. The molecule has 0 aliphatic rings. The fraction of sp³-hybridized carbons (Fsp3) is 0.444. The molecule has 0 amide bonds. The first kappa shape index (κ1) is 10.4. The van der Waals surface area contributed by atoms with Crippen LogP contribution in [-0.4, -0.2) is 21.0 Å². The molecule has 1 aromatic heterocycles. The van der Waals surface area contributed by atoms with Crippen molar-refractivity contribution in [1.82, 2.24) is 9.97 Å². The Kier molecular flexibility index (Phi) is 3.01. The highest BCUT2D eigenvalue weighted by atomic mass is 16.4. The van der Waals surface area contributed by atoms with E-state index in [4.69, 9.17) is 5.11 Å². The monoisotopic (exact) mass is 196 g/mol. The molecule has 0 saturated carbocycles. The summed E-state index contributed by atoms with van der Waals surface area (Å²) in [6.45, 7) is 3.54. The van der Waals surface area contributed by atoms with Crippen LogP contribution in [0.2, 0.25) is 0 Å². The zero-order chi connectivity index (χ0) is 10.7. The Morgan fingerprint density at radius 3 is 2.71 bits per heavy atom. The van der Waals surface area contributed by atoms with Crippen LogP contribution in [0.25, 0.3) is 0 Å². The molecule has 5 nitrogen and oxygen atoms in total. The number of carboxylic acid groups (broad SMARTS) is 1. The highest BCUT2D eigenvalue weighted by molar-refractivity contribution is 5.88. The van der Waals surface area contributed by atoms with E-state index in [9.17, 15) is 9.59 Å². The lowest BCUT2D eigenvalue weighted by Crippen LogP contribution is -2.23. The van der Waals surface area contributed by atoms with Crippen molar-refractivity contribution in [1.29, 1.82) is 0 Å². The van der Waals surface area contributed by atoms with Gasteiger partial charge in [0.2, 0.25) is 0 Å². The van der Waals surface area contributed by atoms with Gasteiger partial charge in [-0.1, -0.05) is 13.3 Å². The largest absolute Gasteiger partial charge is 0.477 e. The van der Waals surface area contributed by atoms with Crippen molar-refractivity contribution < 1.29 is 9.90 Å². The summed E-state index contributed by atoms with van der Waals surface area (Å²) in [5.74, 6) is -0.773. The number of hydrogen-bond acceptors (Lipinski definition) is 3. The maximum atomic E-state index is 11.3. The van der Waals surface area contributed by atoms with Crippen molar-refractivity contribution in [2.24, 2.45) is 0 Å². The van der Waals surface area contributed by atoms with Gasteiger partial charge in [-0.15, -0.1) is 0 Å². The Bertz CT molecular complexity index is 409. The van der Waals surface area contributed by atoms with Crippen molar-refractivity contribution in [3.63, 3.8) is 0 Å². The predicted molar refractivity (Wildman–Crippen MR) is 50.5 cm³/mol. The van der Waals surface area contributed by atoms with Gasteiger partial charge in [0, 0.05) is 0 Å². The van der Waals surface area contributed by atoms with Crippen LogP contribution in [0.4, 0.5) is 0 Å². The molecule has 76 valence electrons. The standard InChI is InChI=1S/C9H12N2O3/c1-3-4-6-7(9(13)14)8(12)11-5(2)10-6/h3-4H2,1-2H3,(H,13,14)(H,10,11,12). The van der Waals surface area contributed by atoms with Crippen molar-refractivity contribution in [3.8, 4) is 0 Å². The van der Waals surface area contributed by atoms with Gasteiger partial charge < -0.3 is 10.1 Å². The molecule has 1 heterocycles. The van der Waals surface area contributed by atoms with Crippen LogP contribution < -0.4 is 5.56 Å². The first-order chi connectivity index (χ1) is 6.56. The number of aromatic amines is 1. The fourth-order valence-electron chi connectivity index (χ4n) is 1.28. The van der Waals surface area contributed by atoms with Crippen LogP contribution in [0.3, 0.4) is 0 Å². The third-order valence-corrected chi connectivity index (χ3v) is 1.81. The second-order valence-corrected chi connectivity index (χ2v) is 3.03. The van der Waals surface area contributed by atoms with Gasteiger partial charge in [-0.25, -0.2) is 9.78 Å². The highest BCUT2D eigenvalue weighted by Gasteiger charge is 2.15. The number of rotatable bonds is 3. The van der Waals surface area contributed by atoms with Gasteiger partial charge in [0.05, 0.1) is 5.69 Å². The van der Waals surface area contributed by atoms with E-state index in [1.165, 1.54) is 0 Å². The van der Waals surface area contributed by atoms with Crippen LogP contribution >= 0.6 is 0 Å². The number of carboxylic acids is 1. The summed E-state index contributed by atoms with van der Waals surface area (Å²) in [5.41, 5.74) is -0.452. The van der Waals surface area contributed by atoms with E-state index in [-0.39, 0.29) is 5.56 Å². The summed E-state index contributed by atoms with van der Waals surface area (Å²) in [7, 11) is 0. The molecule has 0 fully saturated rings. The van der Waals surface area contributed by atoms with Crippen molar-refractivity contribution in [2.45, 2.75) is 26.7 Å². The molecule has 1 rings (SSSR count).